The van der Waals surface area contributed by atoms with Crippen molar-refractivity contribution >= 4 is 88.6 Å². The summed E-state index contributed by atoms with van der Waals surface area (Å²) in [5.74, 6) is 0. The predicted octanol–water partition coefficient (Wildman–Crippen LogP) is 9.71. The van der Waals surface area contributed by atoms with E-state index in [-0.39, 0.29) is 12.1 Å². The molecule has 0 saturated heterocycles. The van der Waals surface area contributed by atoms with Crippen LogP contribution < -0.4 is 26.2 Å². The van der Waals surface area contributed by atoms with E-state index in [0.717, 1.165) is 56.4 Å². The molecule has 2 heterocycles. The average molecular weight is 746 g/mol. The van der Waals surface area contributed by atoms with E-state index in [9.17, 15) is 0 Å². The quantitative estimate of drug-likeness (QED) is 0.143. The molecule has 6 aromatic rings. The van der Waals surface area contributed by atoms with Crippen molar-refractivity contribution in [2.75, 3.05) is 9.80 Å². The van der Waals surface area contributed by atoms with Crippen molar-refractivity contribution in [2.45, 2.75) is 95.9 Å². The Morgan fingerprint density at radius 1 is 0.362 bits per heavy atom. The zero-order valence-corrected chi connectivity index (χ0v) is 35.9. The van der Waals surface area contributed by atoms with Gasteiger partial charge in [0.25, 0.3) is 6.71 Å². The van der Waals surface area contributed by atoms with E-state index in [0.29, 0.717) is 0 Å². The van der Waals surface area contributed by atoms with Crippen molar-refractivity contribution in [3.05, 3.63) is 161 Å². The van der Waals surface area contributed by atoms with Crippen molar-refractivity contribution in [3.8, 4) is 0 Å². The largest absolute Gasteiger partial charge is 0.311 e. The first-order chi connectivity index (χ1) is 27.0. The fourth-order valence-electron chi connectivity index (χ4n) is 8.83. The molecular weight excluding hydrogens is 695 g/mol. The molecule has 8 rings (SSSR count). The van der Waals surface area contributed by atoms with Crippen LogP contribution in [0.4, 0.5) is 34.1 Å². The highest BCUT2D eigenvalue weighted by Gasteiger charge is 2.45. The Balaban J connectivity index is 1.51. The maximum atomic E-state index is 6.90. The standard InChI is InChI=1S/C51H51B5N2/c1-47(2,32-14-12-11-13-15-32)37-30-44-46-45(31-37)58(39-24-18-34(19-25-39)49(5,6)53)43-27-21-36(51(9,10)55)29-41(43)56(46)40-28-35(50(7,8)54)20-26-42(40)57(44)38-22-16-33(17-23-38)48(3,4)52/h11-31H,1-10H3. The topological polar surface area (TPSA) is 6.48 Å². The normalized spacial score (nSPS) is 14.2. The van der Waals surface area contributed by atoms with Gasteiger partial charge in [0.15, 0.2) is 0 Å². The van der Waals surface area contributed by atoms with Gasteiger partial charge in [-0.3, -0.25) is 0 Å². The van der Waals surface area contributed by atoms with E-state index in [1.165, 1.54) is 27.5 Å². The smallest absolute Gasteiger partial charge is 0.252 e. The molecule has 0 fully saturated rings. The highest BCUT2D eigenvalue weighted by molar-refractivity contribution is 7.00. The second-order valence-corrected chi connectivity index (χ2v) is 19.6. The van der Waals surface area contributed by atoms with Crippen LogP contribution in [0.2, 0.25) is 0 Å². The summed E-state index contributed by atoms with van der Waals surface area (Å²) in [7, 11) is 27.1. The van der Waals surface area contributed by atoms with Crippen molar-refractivity contribution in [3.63, 3.8) is 0 Å². The Hall–Kier alpha value is -4.76. The minimum atomic E-state index is -0.552. The van der Waals surface area contributed by atoms with Crippen LogP contribution in [0.3, 0.4) is 0 Å². The minimum Gasteiger partial charge on any atom is -0.311 e. The number of hydrogen-bond acceptors (Lipinski definition) is 2. The van der Waals surface area contributed by atoms with Crippen LogP contribution in [0.15, 0.2) is 127 Å². The van der Waals surface area contributed by atoms with Gasteiger partial charge in [-0.05, 0) is 97.3 Å². The molecule has 2 nitrogen and oxygen atoms in total. The molecule has 0 amide bonds. The second kappa shape index (κ2) is 13.7. The van der Waals surface area contributed by atoms with Gasteiger partial charge in [0.05, 0.1) is 31.4 Å². The monoisotopic (exact) mass is 746 g/mol. The number of anilines is 6. The van der Waals surface area contributed by atoms with Crippen molar-refractivity contribution in [1.82, 2.24) is 0 Å². The molecule has 58 heavy (non-hydrogen) atoms. The molecule has 6 aromatic carbocycles. The Labute approximate surface area is 353 Å². The van der Waals surface area contributed by atoms with Gasteiger partial charge in [0, 0.05) is 39.5 Å². The fourth-order valence-corrected chi connectivity index (χ4v) is 8.83. The number of rotatable bonds is 8. The first-order valence-corrected chi connectivity index (χ1v) is 20.5. The number of fused-ring (bicyclic) bond motifs is 4. The highest BCUT2D eigenvalue weighted by atomic mass is 15.2. The van der Waals surface area contributed by atoms with E-state index < -0.39 is 21.3 Å². The van der Waals surface area contributed by atoms with E-state index in [4.69, 9.17) is 31.4 Å². The zero-order chi connectivity index (χ0) is 41.7. The van der Waals surface area contributed by atoms with Gasteiger partial charge in [-0.15, -0.1) is 0 Å². The molecule has 0 N–H and O–H groups in total. The zero-order valence-electron chi connectivity index (χ0n) is 35.9. The van der Waals surface area contributed by atoms with Crippen LogP contribution in [0.25, 0.3) is 0 Å². The van der Waals surface area contributed by atoms with Gasteiger partial charge in [-0.1, -0.05) is 170 Å². The summed E-state index contributed by atoms with van der Waals surface area (Å²) in [5, 5.41) is -2.05. The minimum absolute atomic E-state index is 0.106. The van der Waals surface area contributed by atoms with Crippen LogP contribution >= 0.6 is 0 Å². The van der Waals surface area contributed by atoms with E-state index in [1.807, 2.05) is 27.7 Å². The average Bonchev–Trinajstić information content (AvgIpc) is 3.16. The van der Waals surface area contributed by atoms with Crippen LogP contribution in [-0.2, 0) is 26.7 Å². The number of benzene rings is 6. The summed E-state index contributed by atoms with van der Waals surface area (Å²) < 4.78 is 0. The summed E-state index contributed by atoms with van der Waals surface area (Å²) >= 11 is 0. The molecule has 0 spiro atoms. The number of hydrogen-bond donors (Lipinski definition) is 0. The van der Waals surface area contributed by atoms with Crippen LogP contribution in [0.1, 0.15) is 103 Å². The molecule has 0 bridgehead atoms. The van der Waals surface area contributed by atoms with E-state index in [1.54, 1.807) is 0 Å². The third-order valence-electron chi connectivity index (χ3n) is 12.5. The molecule has 0 aliphatic carbocycles. The molecule has 2 aliphatic heterocycles. The van der Waals surface area contributed by atoms with Crippen molar-refractivity contribution in [1.29, 1.82) is 0 Å². The van der Waals surface area contributed by atoms with Crippen LogP contribution in [-0.4, -0.2) is 38.1 Å². The molecule has 0 atom stereocenters. The molecule has 7 heteroatoms. The highest BCUT2D eigenvalue weighted by Crippen LogP contribution is 2.48. The lowest BCUT2D eigenvalue weighted by Crippen LogP contribution is -2.62. The molecular formula is C51H51B5N2. The summed E-state index contributed by atoms with van der Waals surface area (Å²) in [5.41, 5.74) is 16.7. The lowest BCUT2D eigenvalue weighted by Gasteiger charge is -2.46. The summed E-state index contributed by atoms with van der Waals surface area (Å²) in [6.45, 7) is 21.1. The van der Waals surface area contributed by atoms with Crippen molar-refractivity contribution < 1.29 is 0 Å². The van der Waals surface area contributed by atoms with Gasteiger partial charge < -0.3 is 9.80 Å². The van der Waals surface area contributed by atoms with Gasteiger partial charge in [-0.25, -0.2) is 0 Å². The predicted molar refractivity (Wildman–Crippen MR) is 254 cm³/mol. The summed E-state index contributed by atoms with van der Waals surface area (Å²) in [6.07, 6.45) is 0. The first-order valence-electron chi connectivity index (χ1n) is 20.5. The third kappa shape index (κ3) is 6.87. The Morgan fingerprint density at radius 2 is 0.724 bits per heavy atom. The Morgan fingerprint density at radius 3 is 1.09 bits per heavy atom. The van der Waals surface area contributed by atoms with E-state index in [2.05, 4.69) is 179 Å². The lowest BCUT2D eigenvalue weighted by atomic mass is 9.33. The van der Waals surface area contributed by atoms with Crippen LogP contribution in [0, 0.1) is 0 Å². The Bertz CT molecular complexity index is 2370. The maximum absolute atomic E-state index is 6.90. The van der Waals surface area contributed by atoms with E-state index >= 15 is 0 Å². The van der Waals surface area contributed by atoms with Gasteiger partial charge in [0.2, 0.25) is 0 Å². The van der Waals surface area contributed by atoms with Gasteiger partial charge >= 0.3 is 0 Å². The molecule has 0 aromatic heterocycles. The summed E-state index contributed by atoms with van der Waals surface area (Å²) in [6, 6.07) is 46.9. The lowest BCUT2D eigenvalue weighted by molar-refractivity contribution is 0.641. The number of nitrogens with zero attached hydrogens (tertiary/aromatic N) is 2. The van der Waals surface area contributed by atoms with Gasteiger partial charge in [-0.2, -0.15) is 0 Å². The van der Waals surface area contributed by atoms with Gasteiger partial charge in [0.1, 0.15) is 0 Å². The maximum Gasteiger partial charge on any atom is 0.252 e. The second-order valence-electron chi connectivity index (χ2n) is 19.6. The molecule has 0 unspecified atom stereocenters. The van der Waals surface area contributed by atoms with Crippen LogP contribution in [0.5, 0.6) is 0 Å². The molecule has 8 radical (unpaired) electrons. The summed E-state index contributed by atoms with van der Waals surface area (Å²) in [4.78, 5) is 4.91. The molecule has 0 saturated carbocycles. The molecule has 280 valence electrons. The third-order valence-corrected chi connectivity index (χ3v) is 12.5. The fraction of sp³-hybridized carbons (Fsp3) is 0.294. The Kier molecular flexibility index (Phi) is 9.43. The molecule has 2 aliphatic rings. The SMILES string of the molecule is [B]C(C)(C)c1ccc(N2c3ccc(C([B])(C)C)cc3B3c4cc(C([B])(C)C)ccc4N(c4ccc(C([B])(C)C)cc4)c4cc(C(C)(C)c5ccccc5)cc2c43)cc1. The first kappa shape index (κ1) is 40.0. The van der Waals surface area contributed by atoms with Crippen molar-refractivity contribution in [2.24, 2.45) is 0 Å².